The van der Waals surface area contributed by atoms with Crippen LogP contribution in [0.2, 0.25) is 0 Å². The normalized spacial score (nSPS) is 15.1. The van der Waals surface area contributed by atoms with E-state index in [1.54, 1.807) is 16.8 Å². The zero-order valence-corrected chi connectivity index (χ0v) is 19.7. The predicted molar refractivity (Wildman–Crippen MR) is 132 cm³/mol. The van der Waals surface area contributed by atoms with Crippen molar-refractivity contribution in [2.24, 2.45) is 0 Å². The van der Waals surface area contributed by atoms with Crippen LogP contribution in [0.4, 0.5) is 4.39 Å². The highest BCUT2D eigenvalue weighted by molar-refractivity contribution is 5.77. The van der Waals surface area contributed by atoms with Gasteiger partial charge < -0.3 is 15.0 Å². The number of hydrogen-bond acceptors (Lipinski definition) is 6. The van der Waals surface area contributed by atoms with Crippen LogP contribution in [0.5, 0.6) is 0 Å². The number of ether oxygens (including phenoxy) is 1. The summed E-state index contributed by atoms with van der Waals surface area (Å²) in [4.78, 5) is 34.9. The Morgan fingerprint density at radius 3 is 2.61 bits per heavy atom. The van der Waals surface area contributed by atoms with Crippen LogP contribution in [-0.2, 0) is 16.0 Å². The fourth-order valence-electron chi connectivity index (χ4n) is 4.40. The van der Waals surface area contributed by atoms with E-state index in [-0.39, 0.29) is 36.2 Å². The number of carbonyl (C=O) groups is 1. The van der Waals surface area contributed by atoms with Gasteiger partial charge in [-0.25, -0.2) is 14.1 Å². The summed E-state index contributed by atoms with van der Waals surface area (Å²) in [6.07, 6.45) is 1.93. The van der Waals surface area contributed by atoms with Crippen molar-refractivity contribution in [3.63, 3.8) is 0 Å². The Hall–Kier alpha value is -3.89. The summed E-state index contributed by atoms with van der Waals surface area (Å²) in [5, 5.41) is 7.69. The molecule has 186 valence electrons. The molecule has 5 rings (SSSR count). The summed E-state index contributed by atoms with van der Waals surface area (Å²) in [5.41, 5.74) is 1.89. The fourth-order valence-corrected chi connectivity index (χ4v) is 4.40. The second kappa shape index (κ2) is 10.8. The Kier molecular flexibility index (Phi) is 7.15. The minimum atomic E-state index is -0.296. The van der Waals surface area contributed by atoms with Crippen LogP contribution >= 0.6 is 0 Å². The van der Waals surface area contributed by atoms with E-state index in [2.05, 4.69) is 25.3 Å². The lowest BCUT2D eigenvalue weighted by atomic mass is 10.0. The Labute approximate surface area is 206 Å². The number of H-pyrrole nitrogens is 1. The number of amides is 1. The van der Waals surface area contributed by atoms with Gasteiger partial charge in [-0.15, -0.1) is 0 Å². The van der Waals surface area contributed by atoms with Crippen molar-refractivity contribution in [2.45, 2.75) is 18.9 Å². The Bertz CT molecular complexity index is 1380. The SMILES string of the molecule is O=C(CCc1nc2c(cnn2-c2ccccc2)c(=O)[nH]1)NCC(c1ccc(F)cc1)N1CCOCC1. The number of aryl methyl sites for hydroxylation is 1. The van der Waals surface area contributed by atoms with Gasteiger partial charge in [0.05, 0.1) is 31.1 Å². The Morgan fingerprint density at radius 2 is 1.86 bits per heavy atom. The molecule has 36 heavy (non-hydrogen) atoms. The second-order valence-corrected chi connectivity index (χ2v) is 8.66. The van der Waals surface area contributed by atoms with E-state index < -0.39 is 0 Å². The molecule has 1 aliphatic heterocycles. The van der Waals surface area contributed by atoms with E-state index in [0.717, 1.165) is 24.3 Å². The van der Waals surface area contributed by atoms with E-state index in [4.69, 9.17) is 4.74 Å². The average Bonchev–Trinajstić information content (AvgIpc) is 3.34. The van der Waals surface area contributed by atoms with E-state index >= 15 is 0 Å². The molecule has 0 aliphatic carbocycles. The number of para-hydroxylation sites is 1. The van der Waals surface area contributed by atoms with E-state index in [0.29, 0.717) is 36.6 Å². The maximum absolute atomic E-state index is 13.5. The Morgan fingerprint density at radius 1 is 1.11 bits per heavy atom. The third-order valence-electron chi connectivity index (χ3n) is 6.31. The molecule has 1 amide bonds. The standard InChI is InChI=1S/C26H27FN6O3/c27-19-8-6-18(7-9-19)22(32-12-14-36-15-13-32)17-28-24(34)11-10-23-30-25-21(26(35)31-23)16-29-33(25)20-4-2-1-3-5-20/h1-9,16,22H,10-15,17H2,(H,28,34)(H,30,31,35). The van der Waals surface area contributed by atoms with Gasteiger partial charge >= 0.3 is 0 Å². The molecule has 0 radical (unpaired) electrons. The molecular weight excluding hydrogens is 463 g/mol. The number of aromatic nitrogens is 4. The highest BCUT2D eigenvalue weighted by Crippen LogP contribution is 2.22. The van der Waals surface area contributed by atoms with Gasteiger partial charge in [0.1, 0.15) is 17.0 Å². The highest BCUT2D eigenvalue weighted by Gasteiger charge is 2.23. The topological polar surface area (TPSA) is 105 Å². The van der Waals surface area contributed by atoms with Gasteiger partial charge in [-0.3, -0.25) is 14.5 Å². The minimum absolute atomic E-state index is 0.0899. The third-order valence-corrected chi connectivity index (χ3v) is 6.31. The molecule has 1 aliphatic rings. The van der Waals surface area contributed by atoms with Crippen molar-refractivity contribution < 1.29 is 13.9 Å². The molecule has 2 aromatic carbocycles. The van der Waals surface area contributed by atoms with Crippen LogP contribution < -0.4 is 10.9 Å². The van der Waals surface area contributed by atoms with Crippen LogP contribution in [0, 0.1) is 5.82 Å². The molecule has 1 unspecified atom stereocenters. The molecule has 1 fully saturated rings. The first kappa shape index (κ1) is 23.8. The number of nitrogens with zero attached hydrogens (tertiary/aromatic N) is 4. The first-order valence-electron chi connectivity index (χ1n) is 11.9. The third kappa shape index (κ3) is 5.34. The zero-order chi connectivity index (χ0) is 24.9. The van der Waals surface area contributed by atoms with Crippen LogP contribution in [-0.4, -0.2) is 63.4 Å². The number of halogens is 1. The summed E-state index contributed by atoms with van der Waals surface area (Å²) >= 11 is 0. The quantitative estimate of drug-likeness (QED) is 0.393. The summed E-state index contributed by atoms with van der Waals surface area (Å²) in [5.74, 6) is -0.0335. The number of carbonyl (C=O) groups excluding carboxylic acids is 1. The Balaban J connectivity index is 1.26. The number of rotatable bonds is 8. The van der Waals surface area contributed by atoms with Crippen molar-refractivity contribution in [2.75, 3.05) is 32.8 Å². The number of morpholine rings is 1. The average molecular weight is 491 g/mol. The smallest absolute Gasteiger partial charge is 0.262 e. The van der Waals surface area contributed by atoms with Gasteiger partial charge in [0.2, 0.25) is 5.91 Å². The lowest BCUT2D eigenvalue weighted by Gasteiger charge is -2.35. The molecular formula is C26H27FN6O3. The number of aromatic amines is 1. The van der Waals surface area contributed by atoms with Crippen LogP contribution in [0.1, 0.15) is 23.9 Å². The number of nitrogens with one attached hydrogen (secondary N) is 2. The molecule has 0 spiro atoms. The van der Waals surface area contributed by atoms with Gasteiger partial charge in [-0.1, -0.05) is 30.3 Å². The molecule has 1 atom stereocenters. The summed E-state index contributed by atoms with van der Waals surface area (Å²) < 4.78 is 20.5. The second-order valence-electron chi connectivity index (χ2n) is 8.66. The van der Waals surface area contributed by atoms with Crippen molar-refractivity contribution in [1.82, 2.24) is 30.0 Å². The monoisotopic (exact) mass is 490 g/mol. The maximum atomic E-state index is 13.5. The van der Waals surface area contributed by atoms with Gasteiger partial charge in [-0.05, 0) is 29.8 Å². The van der Waals surface area contributed by atoms with E-state index in [9.17, 15) is 14.0 Å². The minimum Gasteiger partial charge on any atom is -0.379 e. The van der Waals surface area contributed by atoms with Crippen LogP contribution in [0.3, 0.4) is 0 Å². The van der Waals surface area contributed by atoms with Gasteiger partial charge in [0.25, 0.3) is 5.56 Å². The summed E-state index contributed by atoms with van der Waals surface area (Å²) in [6, 6.07) is 15.7. The molecule has 10 heteroatoms. The number of fused-ring (bicyclic) bond motifs is 1. The largest absolute Gasteiger partial charge is 0.379 e. The predicted octanol–water partition coefficient (Wildman–Crippen LogP) is 2.37. The van der Waals surface area contributed by atoms with Gasteiger partial charge in [0.15, 0.2) is 5.65 Å². The molecule has 2 N–H and O–H groups in total. The van der Waals surface area contributed by atoms with Crippen molar-refractivity contribution in [1.29, 1.82) is 0 Å². The van der Waals surface area contributed by atoms with Gasteiger partial charge in [-0.2, -0.15) is 5.10 Å². The van der Waals surface area contributed by atoms with E-state index in [1.165, 1.54) is 18.3 Å². The van der Waals surface area contributed by atoms with Gasteiger partial charge in [0, 0.05) is 32.5 Å². The molecule has 2 aromatic heterocycles. The van der Waals surface area contributed by atoms with Crippen molar-refractivity contribution in [3.8, 4) is 5.69 Å². The molecule has 3 heterocycles. The lowest BCUT2D eigenvalue weighted by Crippen LogP contribution is -2.43. The first-order chi connectivity index (χ1) is 17.6. The van der Waals surface area contributed by atoms with E-state index in [1.807, 2.05) is 30.3 Å². The molecule has 4 aromatic rings. The highest BCUT2D eigenvalue weighted by atomic mass is 19.1. The fraction of sp³-hybridized carbons (Fsp3) is 0.308. The summed E-state index contributed by atoms with van der Waals surface area (Å²) in [6.45, 7) is 3.09. The zero-order valence-electron chi connectivity index (χ0n) is 19.7. The summed E-state index contributed by atoms with van der Waals surface area (Å²) in [7, 11) is 0. The first-order valence-corrected chi connectivity index (χ1v) is 11.9. The maximum Gasteiger partial charge on any atom is 0.262 e. The molecule has 9 nitrogen and oxygen atoms in total. The molecule has 1 saturated heterocycles. The lowest BCUT2D eigenvalue weighted by molar-refractivity contribution is -0.121. The van der Waals surface area contributed by atoms with Crippen molar-refractivity contribution in [3.05, 3.63) is 88.4 Å². The van der Waals surface area contributed by atoms with Crippen LogP contribution in [0.15, 0.2) is 65.6 Å². The van der Waals surface area contributed by atoms with Crippen molar-refractivity contribution >= 4 is 16.9 Å². The number of benzene rings is 2. The molecule has 0 bridgehead atoms. The molecule has 0 saturated carbocycles. The number of hydrogen-bond donors (Lipinski definition) is 2. The van der Waals surface area contributed by atoms with Crippen LogP contribution in [0.25, 0.3) is 16.7 Å².